The van der Waals surface area contributed by atoms with Crippen molar-refractivity contribution in [3.05, 3.63) is 53.0 Å². The molecule has 1 saturated heterocycles. The molecule has 2 aliphatic heterocycles. The maximum atomic E-state index is 15.3. The van der Waals surface area contributed by atoms with Gasteiger partial charge in [-0.15, -0.1) is 0 Å². The number of alkyl halides is 1. The van der Waals surface area contributed by atoms with E-state index in [1.807, 2.05) is 19.1 Å². The molecule has 1 aliphatic carbocycles. The predicted octanol–water partition coefficient (Wildman–Crippen LogP) is 5.78. The molecule has 5 rings (SSSR count). The Kier molecular flexibility index (Phi) is 8.38. The number of ether oxygens (including phenoxy) is 1. The van der Waals surface area contributed by atoms with Crippen molar-refractivity contribution in [2.24, 2.45) is 5.92 Å². The van der Waals surface area contributed by atoms with Crippen LogP contribution < -0.4 is 5.32 Å². The summed E-state index contributed by atoms with van der Waals surface area (Å²) in [6.45, 7) is 5.66. The smallest absolute Gasteiger partial charge is 0.328 e. The van der Waals surface area contributed by atoms with Crippen LogP contribution in [0.25, 0.3) is 0 Å². The van der Waals surface area contributed by atoms with Crippen molar-refractivity contribution in [2.75, 3.05) is 25.0 Å². The van der Waals surface area contributed by atoms with Gasteiger partial charge in [-0.05, 0) is 89.5 Å². The summed E-state index contributed by atoms with van der Waals surface area (Å²) >= 11 is 0. The number of esters is 1. The SMILES string of the molecule is CCOC(=O)C(c1cccnc1C1CC1)N1CCC(C(F)CCCCc2ccc3c(n2)NC(C)CC3)C1. The van der Waals surface area contributed by atoms with Crippen LogP contribution in [0.1, 0.15) is 93.3 Å². The maximum Gasteiger partial charge on any atom is 0.328 e. The molecule has 0 spiro atoms. The summed E-state index contributed by atoms with van der Waals surface area (Å²) in [4.78, 5) is 24.6. The third-order valence-electron chi connectivity index (χ3n) is 8.20. The number of aryl methyl sites for hydroxylation is 2. The van der Waals surface area contributed by atoms with Crippen LogP contribution in [0.2, 0.25) is 0 Å². The number of likely N-dealkylation sites (tertiary alicyclic amines) is 1. The molecule has 37 heavy (non-hydrogen) atoms. The first kappa shape index (κ1) is 26.1. The van der Waals surface area contributed by atoms with Crippen molar-refractivity contribution >= 4 is 11.8 Å². The number of anilines is 1. The fourth-order valence-electron chi connectivity index (χ4n) is 5.95. The van der Waals surface area contributed by atoms with Gasteiger partial charge in [-0.1, -0.05) is 18.6 Å². The summed E-state index contributed by atoms with van der Waals surface area (Å²) in [5, 5.41) is 3.49. The molecule has 2 aromatic rings. The molecule has 6 nitrogen and oxygen atoms in total. The lowest BCUT2D eigenvalue weighted by atomic mass is 9.97. The number of nitrogens with one attached hydrogen (secondary N) is 1. The van der Waals surface area contributed by atoms with Crippen molar-refractivity contribution < 1.29 is 13.9 Å². The van der Waals surface area contributed by atoms with E-state index >= 15 is 4.39 Å². The fraction of sp³-hybridized carbons (Fsp3) is 0.633. The quantitative estimate of drug-likeness (QED) is 0.307. The van der Waals surface area contributed by atoms with E-state index in [0.717, 1.165) is 74.1 Å². The van der Waals surface area contributed by atoms with E-state index in [1.165, 1.54) is 5.56 Å². The molecule has 2 fully saturated rings. The Morgan fingerprint density at radius 1 is 1.22 bits per heavy atom. The molecule has 0 amide bonds. The van der Waals surface area contributed by atoms with E-state index in [1.54, 1.807) is 6.20 Å². The molecule has 3 aliphatic rings. The number of hydrogen-bond donors (Lipinski definition) is 1. The lowest BCUT2D eigenvalue weighted by Crippen LogP contribution is -2.35. The van der Waals surface area contributed by atoms with Crippen LogP contribution >= 0.6 is 0 Å². The Balaban J connectivity index is 1.14. The van der Waals surface area contributed by atoms with Gasteiger partial charge < -0.3 is 10.1 Å². The molecule has 4 heterocycles. The van der Waals surface area contributed by atoms with Crippen LogP contribution in [-0.4, -0.2) is 52.7 Å². The van der Waals surface area contributed by atoms with Gasteiger partial charge >= 0.3 is 5.97 Å². The lowest BCUT2D eigenvalue weighted by Gasteiger charge is -2.28. The second kappa shape index (κ2) is 11.9. The number of carbonyl (C=O) groups excluding carboxylic acids is 1. The Morgan fingerprint density at radius 3 is 2.89 bits per heavy atom. The Labute approximate surface area is 220 Å². The molecule has 1 N–H and O–H groups in total. The van der Waals surface area contributed by atoms with Gasteiger partial charge in [0.15, 0.2) is 0 Å². The lowest BCUT2D eigenvalue weighted by molar-refractivity contribution is -0.149. The van der Waals surface area contributed by atoms with Gasteiger partial charge in [0.1, 0.15) is 18.0 Å². The third kappa shape index (κ3) is 6.31. The highest BCUT2D eigenvalue weighted by Crippen LogP contribution is 2.43. The van der Waals surface area contributed by atoms with Gasteiger partial charge in [-0.25, -0.2) is 14.2 Å². The molecule has 4 atom stereocenters. The second-order valence-electron chi connectivity index (χ2n) is 11.1. The molecular weight excluding hydrogens is 467 g/mol. The number of nitrogens with zero attached hydrogens (tertiary/aromatic N) is 3. The van der Waals surface area contributed by atoms with Crippen LogP contribution in [0.3, 0.4) is 0 Å². The predicted molar refractivity (Wildman–Crippen MR) is 143 cm³/mol. The van der Waals surface area contributed by atoms with Crippen molar-refractivity contribution in [2.45, 2.75) is 95.8 Å². The van der Waals surface area contributed by atoms with Crippen LogP contribution in [0.4, 0.5) is 10.2 Å². The number of carbonyl (C=O) groups is 1. The summed E-state index contributed by atoms with van der Waals surface area (Å²) < 4.78 is 20.8. The summed E-state index contributed by atoms with van der Waals surface area (Å²) in [7, 11) is 0. The molecule has 7 heteroatoms. The molecule has 0 bridgehead atoms. The third-order valence-corrected chi connectivity index (χ3v) is 8.20. The number of fused-ring (bicyclic) bond motifs is 1. The van der Waals surface area contributed by atoms with Crippen molar-refractivity contribution in [1.82, 2.24) is 14.9 Å². The summed E-state index contributed by atoms with van der Waals surface area (Å²) in [6, 6.07) is 8.20. The monoisotopic (exact) mass is 508 g/mol. The van der Waals surface area contributed by atoms with Gasteiger partial charge in [-0.2, -0.15) is 0 Å². The first-order valence-corrected chi connectivity index (χ1v) is 14.3. The first-order chi connectivity index (χ1) is 18.0. The van der Waals surface area contributed by atoms with Gasteiger partial charge in [0.25, 0.3) is 0 Å². The van der Waals surface area contributed by atoms with Crippen LogP contribution in [0.5, 0.6) is 0 Å². The Morgan fingerprint density at radius 2 is 2.08 bits per heavy atom. The van der Waals surface area contributed by atoms with Gasteiger partial charge in [0.05, 0.1) is 6.61 Å². The minimum atomic E-state index is -0.858. The molecule has 1 saturated carbocycles. The summed E-state index contributed by atoms with van der Waals surface area (Å²) in [5.41, 5.74) is 4.35. The molecular formula is C30H41FN4O2. The minimum absolute atomic E-state index is 0.0504. The van der Waals surface area contributed by atoms with E-state index in [0.29, 0.717) is 38.1 Å². The number of pyridine rings is 2. The van der Waals surface area contributed by atoms with Crippen LogP contribution in [0.15, 0.2) is 30.5 Å². The van der Waals surface area contributed by atoms with Crippen molar-refractivity contribution in [1.29, 1.82) is 0 Å². The van der Waals surface area contributed by atoms with E-state index < -0.39 is 12.2 Å². The largest absolute Gasteiger partial charge is 0.465 e. The Bertz CT molecular complexity index is 1080. The molecule has 0 radical (unpaired) electrons. The molecule has 200 valence electrons. The molecule has 0 aromatic carbocycles. The normalized spacial score (nSPS) is 23.2. The zero-order valence-corrected chi connectivity index (χ0v) is 22.3. The highest BCUT2D eigenvalue weighted by molar-refractivity contribution is 5.78. The van der Waals surface area contributed by atoms with E-state index in [2.05, 4.69) is 34.3 Å². The summed E-state index contributed by atoms with van der Waals surface area (Å²) in [5.74, 6) is 1.17. The van der Waals surface area contributed by atoms with Crippen LogP contribution in [0, 0.1) is 5.92 Å². The first-order valence-electron chi connectivity index (χ1n) is 14.3. The summed E-state index contributed by atoms with van der Waals surface area (Å²) in [6.07, 6.45) is 9.39. The molecule has 2 aromatic heterocycles. The second-order valence-corrected chi connectivity index (χ2v) is 11.1. The van der Waals surface area contributed by atoms with E-state index in [-0.39, 0.29) is 11.9 Å². The topological polar surface area (TPSA) is 67.3 Å². The molecule has 4 unspecified atom stereocenters. The maximum absolute atomic E-state index is 15.3. The van der Waals surface area contributed by atoms with Crippen molar-refractivity contribution in [3.63, 3.8) is 0 Å². The van der Waals surface area contributed by atoms with E-state index in [4.69, 9.17) is 9.72 Å². The number of hydrogen-bond acceptors (Lipinski definition) is 6. The number of unbranched alkanes of at least 4 members (excludes halogenated alkanes) is 1. The average molecular weight is 509 g/mol. The number of aromatic nitrogens is 2. The standard InChI is InChI=1S/C30H41FN4O2/c1-3-37-30(36)28(25-8-6-17-32-27(25)21-12-13-21)35-18-16-23(19-35)26(31)9-5-4-7-24-15-14-22-11-10-20(2)33-29(22)34-24/h6,8,14-15,17,20-21,23,26,28H,3-5,7,9-13,16,18-19H2,1-2H3,(H,33,34). The Hall–Kier alpha value is -2.54. The minimum Gasteiger partial charge on any atom is -0.465 e. The van der Waals surface area contributed by atoms with Gasteiger partial charge in [-0.3, -0.25) is 9.88 Å². The fourth-order valence-corrected chi connectivity index (χ4v) is 5.95. The zero-order valence-electron chi connectivity index (χ0n) is 22.3. The highest BCUT2D eigenvalue weighted by Gasteiger charge is 2.40. The zero-order chi connectivity index (χ0) is 25.8. The average Bonchev–Trinajstić information content (AvgIpc) is 3.64. The number of halogens is 1. The van der Waals surface area contributed by atoms with Crippen molar-refractivity contribution in [3.8, 4) is 0 Å². The van der Waals surface area contributed by atoms with Gasteiger partial charge in [0.2, 0.25) is 0 Å². The van der Waals surface area contributed by atoms with Crippen LogP contribution in [-0.2, 0) is 22.4 Å². The van der Waals surface area contributed by atoms with Gasteiger partial charge in [0, 0.05) is 47.6 Å². The highest BCUT2D eigenvalue weighted by atomic mass is 19.1. The van der Waals surface area contributed by atoms with E-state index in [9.17, 15) is 4.79 Å². The number of rotatable bonds is 11.